The van der Waals surface area contributed by atoms with Crippen LogP contribution in [0.5, 0.6) is 0 Å². The fourth-order valence-electron chi connectivity index (χ4n) is 1.68. The van der Waals surface area contributed by atoms with Gasteiger partial charge in [-0.2, -0.15) is 5.26 Å². The average molecular weight is 244 g/mol. The third-order valence-corrected chi connectivity index (χ3v) is 2.59. The standard InChI is InChI=1S/C12H12N4O2/c13-7-9-2-1-3-10(6-9)15-8-11(17)16-5-4-14-12(16)18/h1-3,6,15H,4-5,8H2,(H,14,18). The Morgan fingerprint density at radius 1 is 1.56 bits per heavy atom. The highest BCUT2D eigenvalue weighted by Crippen LogP contribution is 2.09. The fraction of sp³-hybridized carbons (Fsp3) is 0.250. The van der Waals surface area contributed by atoms with Gasteiger partial charge in [-0.25, -0.2) is 4.79 Å². The maximum atomic E-state index is 11.7. The SMILES string of the molecule is N#Cc1cccc(NCC(=O)N2CCNC2=O)c1. The molecule has 1 fully saturated rings. The molecule has 18 heavy (non-hydrogen) atoms. The number of hydrogen-bond donors (Lipinski definition) is 2. The molecule has 0 radical (unpaired) electrons. The highest BCUT2D eigenvalue weighted by Gasteiger charge is 2.25. The summed E-state index contributed by atoms with van der Waals surface area (Å²) in [5, 5.41) is 14.2. The monoisotopic (exact) mass is 244 g/mol. The molecule has 6 nitrogen and oxygen atoms in total. The summed E-state index contributed by atoms with van der Waals surface area (Å²) in [5.74, 6) is -0.285. The second-order valence-corrected chi connectivity index (χ2v) is 3.82. The summed E-state index contributed by atoms with van der Waals surface area (Å²) in [5.41, 5.74) is 1.20. The molecule has 0 unspecified atom stereocenters. The van der Waals surface area contributed by atoms with Crippen molar-refractivity contribution in [2.45, 2.75) is 0 Å². The van der Waals surface area contributed by atoms with E-state index in [0.717, 1.165) is 0 Å². The first-order valence-electron chi connectivity index (χ1n) is 5.53. The molecule has 2 rings (SSSR count). The number of nitrogens with one attached hydrogen (secondary N) is 2. The van der Waals surface area contributed by atoms with E-state index in [9.17, 15) is 9.59 Å². The molecule has 0 bridgehead atoms. The van der Waals surface area contributed by atoms with Crippen molar-refractivity contribution in [3.8, 4) is 6.07 Å². The highest BCUT2D eigenvalue weighted by molar-refractivity contribution is 5.97. The summed E-state index contributed by atoms with van der Waals surface area (Å²) < 4.78 is 0. The van der Waals surface area contributed by atoms with Crippen LogP contribution in [-0.4, -0.2) is 36.5 Å². The number of anilines is 1. The van der Waals surface area contributed by atoms with Crippen molar-refractivity contribution in [1.82, 2.24) is 10.2 Å². The predicted molar refractivity (Wildman–Crippen MR) is 64.8 cm³/mol. The Kier molecular flexibility index (Phi) is 3.44. The number of urea groups is 1. The maximum absolute atomic E-state index is 11.7. The lowest BCUT2D eigenvalue weighted by Gasteiger charge is -2.13. The van der Waals surface area contributed by atoms with Crippen molar-refractivity contribution in [1.29, 1.82) is 5.26 Å². The third kappa shape index (κ3) is 2.58. The Balaban J connectivity index is 1.93. The Hall–Kier alpha value is -2.55. The predicted octanol–water partition coefficient (Wildman–Crippen LogP) is 0.522. The highest BCUT2D eigenvalue weighted by atomic mass is 16.2. The van der Waals surface area contributed by atoms with Crippen LogP contribution in [0.4, 0.5) is 10.5 Å². The van der Waals surface area contributed by atoms with Crippen molar-refractivity contribution in [2.75, 3.05) is 25.0 Å². The molecular formula is C12H12N4O2. The quantitative estimate of drug-likeness (QED) is 0.811. The van der Waals surface area contributed by atoms with E-state index in [0.29, 0.717) is 24.3 Å². The molecule has 0 saturated carbocycles. The number of benzene rings is 1. The van der Waals surface area contributed by atoms with Gasteiger partial charge < -0.3 is 10.6 Å². The number of nitrogens with zero attached hydrogens (tertiary/aromatic N) is 2. The first-order chi connectivity index (χ1) is 8.70. The molecule has 6 heteroatoms. The molecule has 1 heterocycles. The number of amides is 3. The summed E-state index contributed by atoms with van der Waals surface area (Å²) >= 11 is 0. The summed E-state index contributed by atoms with van der Waals surface area (Å²) in [6.07, 6.45) is 0. The van der Waals surface area contributed by atoms with Gasteiger partial charge in [-0.05, 0) is 18.2 Å². The second-order valence-electron chi connectivity index (χ2n) is 3.82. The van der Waals surface area contributed by atoms with Gasteiger partial charge in [0.25, 0.3) is 0 Å². The Morgan fingerprint density at radius 2 is 2.39 bits per heavy atom. The molecule has 0 spiro atoms. The van der Waals surface area contributed by atoms with Crippen LogP contribution in [0.25, 0.3) is 0 Å². The number of carbonyl (C=O) groups excluding carboxylic acids is 2. The molecule has 3 amide bonds. The Labute approximate surface area is 104 Å². The van der Waals surface area contributed by atoms with Gasteiger partial charge >= 0.3 is 6.03 Å². The van der Waals surface area contributed by atoms with Crippen molar-refractivity contribution in [3.05, 3.63) is 29.8 Å². The topological polar surface area (TPSA) is 85.2 Å². The number of hydrogen-bond acceptors (Lipinski definition) is 4. The lowest BCUT2D eigenvalue weighted by Crippen LogP contribution is -2.37. The largest absolute Gasteiger partial charge is 0.376 e. The number of rotatable bonds is 3. The van der Waals surface area contributed by atoms with E-state index in [1.54, 1.807) is 24.3 Å². The van der Waals surface area contributed by atoms with Gasteiger partial charge in [0.2, 0.25) is 5.91 Å². The second kappa shape index (κ2) is 5.19. The third-order valence-electron chi connectivity index (χ3n) is 2.59. The van der Waals surface area contributed by atoms with Gasteiger partial charge in [0.15, 0.2) is 0 Å². The van der Waals surface area contributed by atoms with Gasteiger partial charge in [0, 0.05) is 18.8 Å². The zero-order valence-corrected chi connectivity index (χ0v) is 9.64. The minimum absolute atomic E-state index is 0.0301. The van der Waals surface area contributed by atoms with Gasteiger partial charge in [-0.1, -0.05) is 6.07 Å². The van der Waals surface area contributed by atoms with Crippen LogP contribution in [0.15, 0.2) is 24.3 Å². The van der Waals surface area contributed by atoms with Crippen LogP contribution in [0.1, 0.15) is 5.56 Å². The summed E-state index contributed by atoms with van der Waals surface area (Å²) in [6, 6.07) is 8.49. The molecule has 1 saturated heterocycles. The number of nitriles is 1. The van der Waals surface area contributed by atoms with Crippen LogP contribution < -0.4 is 10.6 Å². The molecule has 1 aromatic carbocycles. The number of carbonyl (C=O) groups is 2. The van der Waals surface area contributed by atoms with Crippen molar-refractivity contribution >= 4 is 17.6 Å². The summed E-state index contributed by atoms with van der Waals surface area (Å²) in [7, 11) is 0. The normalized spacial score (nSPS) is 13.9. The molecule has 1 aliphatic rings. The van der Waals surface area contributed by atoms with Crippen LogP contribution >= 0.6 is 0 Å². The first-order valence-corrected chi connectivity index (χ1v) is 5.53. The average Bonchev–Trinajstić information content (AvgIpc) is 2.82. The molecule has 0 atom stereocenters. The van der Waals surface area contributed by atoms with Crippen LogP contribution in [-0.2, 0) is 4.79 Å². The van der Waals surface area contributed by atoms with E-state index in [2.05, 4.69) is 10.6 Å². The minimum atomic E-state index is -0.354. The van der Waals surface area contributed by atoms with E-state index < -0.39 is 0 Å². The summed E-state index contributed by atoms with van der Waals surface area (Å²) in [6.45, 7) is 0.925. The molecule has 0 aromatic heterocycles. The van der Waals surface area contributed by atoms with Gasteiger partial charge in [-0.3, -0.25) is 9.69 Å². The van der Waals surface area contributed by atoms with Crippen molar-refractivity contribution < 1.29 is 9.59 Å². The van der Waals surface area contributed by atoms with Gasteiger partial charge in [-0.15, -0.1) is 0 Å². The van der Waals surface area contributed by atoms with E-state index in [-0.39, 0.29) is 18.5 Å². The maximum Gasteiger partial charge on any atom is 0.324 e. The van der Waals surface area contributed by atoms with Crippen LogP contribution in [0.3, 0.4) is 0 Å². The lowest BCUT2D eigenvalue weighted by atomic mass is 10.2. The number of imide groups is 1. The molecular weight excluding hydrogens is 232 g/mol. The van der Waals surface area contributed by atoms with Crippen LogP contribution in [0.2, 0.25) is 0 Å². The van der Waals surface area contributed by atoms with Crippen LogP contribution in [0, 0.1) is 11.3 Å². The Morgan fingerprint density at radius 3 is 3.06 bits per heavy atom. The fourth-order valence-corrected chi connectivity index (χ4v) is 1.68. The molecule has 1 aliphatic heterocycles. The molecule has 0 aliphatic carbocycles. The minimum Gasteiger partial charge on any atom is -0.376 e. The van der Waals surface area contributed by atoms with Gasteiger partial charge in [0.1, 0.15) is 0 Å². The van der Waals surface area contributed by atoms with Gasteiger partial charge in [0.05, 0.1) is 18.2 Å². The van der Waals surface area contributed by atoms with Crippen molar-refractivity contribution in [3.63, 3.8) is 0 Å². The molecule has 1 aromatic rings. The summed E-state index contributed by atoms with van der Waals surface area (Å²) in [4.78, 5) is 24.1. The smallest absolute Gasteiger partial charge is 0.324 e. The first kappa shape index (κ1) is 11.9. The van der Waals surface area contributed by atoms with E-state index in [1.807, 2.05) is 6.07 Å². The van der Waals surface area contributed by atoms with Crippen molar-refractivity contribution in [2.24, 2.45) is 0 Å². The zero-order chi connectivity index (χ0) is 13.0. The molecule has 92 valence electrons. The molecule has 2 N–H and O–H groups in total. The van der Waals surface area contributed by atoms with E-state index in [4.69, 9.17) is 5.26 Å². The van der Waals surface area contributed by atoms with E-state index in [1.165, 1.54) is 4.90 Å². The Bertz CT molecular complexity index is 521. The van der Waals surface area contributed by atoms with E-state index >= 15 is 0 Å². The lowest BCUT2D eigenvalue weighted by molar-refractivity contribution is -0.125. The zero-order valence-electron chi connectivity index (χ0n) is 9.64.